The molecule has 126 valence electrons. The highest BCUT2D eigenvalue weighted by molar-refractivity contribution is 5.75. The zero-order valence-corrected chi connectivity index (χ0v) is 14.1. The van der Waals surface area contributed by atoms with Crippen LogP contribution in [0.25, 0.3) is 0 Å². The van der Waals surface area contributed by atoms with Crippen molar-refractivity contribution in [2.45, 2.75) is 19.3 Å². The van der Waals surface area contributed by atoms with Crippen LogP contribution in [0.5, 0.6) is 5.75 Å². The number of piperidine rings is 1. The lowest BCUT2D eigenvalue weighted by atomic mass is 9.90. The molecule has 0 saturated carbocycles. The molecule has 0 amide bonds. The summed E-state index contributed by atoms with van der Waals surface area (Å²) in [6.45, 7) is 3.92. The van der Waals surface area contributed by atoms with Crippen LogP contribution in [-0.2, 0) is 6.42 Å². The number of hydrogen-bond donors (Lipinski definition) is 0. The maximum absolute atomic E-state index is 10.8. The lowest BCUT2D eigenvalue weighted by molar-refractivity contribution is 0.112. The standard InChI is InChI=1S/C21H25NO2/c23-17-20-7-4-8-21(16-20)24-14-13-22-11-9-19(10-12-22)15-18-5-2-1-3-6-18/h1-8,16-17,19H,9-15H2. The maximum atomic E-state index is 10.8. The Morgan fingerprint density at radius 3 is 2.58 bits per heavy atom. The number of aldehydes is 1. The molecule has 3 rings (SSSR count). The molecule has 0 radical (unpaired) electrons. The van der Waals surface area contributed by atoms with Gasteiger partial charge in [-0.15, -0.1) is 0 Å². The highest BCUT2D eigenvalue weighted by Crippen LogP contribution is 2.21. The molecule has 1 aliphatic heterocycles. The Balaban J connectivity index is 1.37. The van der Waals surface area contributed by atoms with Gasteiger partial charge in [0.25, 0.3) is 0 Å². The molecule has 0 aromatic heterocycles. The second-order valence-corrected chi connectivity index (χ2v) is 6.51. The SMILES string of the molecule is O=Cc1cccc(OCCN2CCC(Cc3ccccc3)CC2)c1. The number of carbonyl (C=O) groups excluding carboxylic acids is 1. The Morgan fingerprint density at radius 1 is 1.04 bits per heavy atom. The summed E-state index contributed by atoms with van der Waals surface area (Å²) in [6, 6.07) is 18.1. The first-order valence-corrected chi connectivity index (χ1v) is 8.78. The summed E-state index contributed by atoms with van der Waals surface area (Å²) in [7, 11) is 0. The van der Waals surface area contributed by atoms with E-state index in [9.17, 15) is 4.79 Å². The third kappa shape index (κ3) is 4.93. The van der Waals surface area contributed by atoms with E-state index in [2.05, 4.69) is 35.2 Å². The van der Waals surface area contributed by atoms with Crippen LogP contribution in [0, 0.1) is 5.92 Å². The summed E-state index contributed by atoms with van der Waals surface area (Å²) in [6.07, 6.45) is 4.57. The molecular weight excluding hydrogens is 298 g/mol. The lowest BCUT2D eigenvalue weighted by Crippen LogP contribution is -2.37. The summed E-state index contributed by atoms with van der Waals surface area (Å²) in [5.74, 6) is 1.58. The van der Waals surface area contributed by atoms with Gasteiger partial charge in [0.15, 0.2) is 0 Å². The molecule has 0 aliphatic carbocycles. The van der Waals surface area contributed by atoms with Gasteiger partial charge in [0.1, 0.15) is 18.6 Å². The van der Waals surface area contributed by atoms with Crippen molar-refractivity contribution in [2.75, 3.05) is 26.2 Å². The summed E-state index contributed by atoms with van der Waals surface area (Å²) in [5.41, 5.74) is 2.11. The number of benzene rings is 2. The molecule has 0 unspecified atom stereocenters. The van der Waals surface area contributed by atoms with Crippen LogP contribution >= 0.6 is 0 Å². The van der Waals surface area contributed by atoms with E-state index >= 15 is 0 Å². The molecule has 3 nitrogen and oxygen atoms in total. The van der Waals surface area contributed by atoms with Crippen molar-refractivity contribution in [2.24, 2.45) is 5.92 Å². The topological polar surface area (TPSA) is 29.5 Å². The van der Waals surface area contributed by atoms with Gasteiger partial charge in [0, 0.05) is 12.1 Å². The second kappa shape index (κ2) is 8.65. The first kappa shape index (κ1) is 16.7. The number of hydrogen-bond acceptors (Lipinski definition) is 3. The molecule has 0 atom stereocenters. The Morgan fingerprint density at radius 2 is 1.83 bits per heavy atom. The average Bonchev–Trinajstić information content (AvgIpc) is 2.64. The molecule has 0 bridgehead atoms. The van der Waals surface area contributed by atoms with Crippen molar-refractivity contribution >= 4 is 6.29 Å². The van der Waals surface area contributed by atoms with E-state index in [-0.39, 0.29) is 0 Å². The quantitative estimate of drug-likeness (QED) is 0.725. The van der Waals surface area contributed by atoms with E-state index in [0.29, 0.717) is 12.2 Å². The van der Waals surface area contributed by atoms with Gasteiger partial charge < -0.3 is 4.74 Å². The monoisotopic (exact) mass is 323 g/mol. The molecule has 3 heteroatoms. The molecule has 2 aromatic rings. The van der Waals surface area contributed by atoms with Crippen LogP contribution in [0.1, 0.15) is 28.8 Å². The van der Waals surface area contributed by atoms with Gasteiger partial charge in [-0.1, -0.05) is 42.5 Å². The molecule has 0 N–H and O–H groups in total. The fourth-order valence-corrected chi connectivity index (χ4v) is 3.33. The summed E-state index contributed by atoms with van der Waals surface area (Å²) in [4.78, 5) is 13.3. The van der Waals surface area contributed by atoms with E-state index in [0.717, 1.165) is 37.6 Å². The fourth-order valence-electron chi connectivity index (χ4n) is 3.33. The summed E-state index contributed by atoms with van der Waals surface area (Å²) < 4.78 is 5.77. The first-order valence-electron chi connectivity index (χ1n) is 8.78. The molecule has 1 fully saturated rings. The molecular formula is C21H25NO2. The normalized spacial score (nSPS) is 16.0. The largest absolute Gasteiger partial charge is 0.492 e. The van der Waals surface area contributed by atoms with Crippen LogP contribution in [0.15, 0.2) is 54.6 Å². The smallest absolute Gasteiger partial charge is 0.150 e. The third-order valence-corrected chi connectivity index (χ3v) is 4.74. The number of likely N-dealkylation sites (tertiary alicyclic amines) is 1. The van der Waals surface area contributed by atoms with Crippen molar-refractivity contribution in [1.82, 2.24) is 4.90 Å². The van der Waals surface area contributed by atoms with Crippen LogP contribution in [0.2, 0.25) is 0 Å². The summed E-state index contributed by atoms with van der Waals surface area (Å²) in [5, 5.41) is 0. The molecule has 0 spiro atoms. The van der Waals surface area contributed by atoms with E-state index < -0.39 is 0 Å². The first-order chi connectivity index (χ1) is 11.8. The van der Waals surface area contributed by atoms with Gasteiger partial charge >= 0.3 is 0 Å². The minimum Gasteiger partial charge on any atom is -0.492 e. The molecule has 2 aromatic carbocycles. The molecule has 1 saturated heterocycles. The minimum absolute atomic E-state index is 0.661. The lowest BCUT2D eigenvalue weighted by Gasteiger charge is -2.31. The van der Waals surface area contributed by atoms with Gasteiger partial charge in [0.05, 0.1) is 0 Å². The zero-order chi connectivity index (χ0) is 16.6. The Bertz CT molecular complexity index is 633. The predicted octanol–water partition coefficient (Wildman–Crippen LogP) is 3.83. The van der Waals surface area contributed by atoms with Crippen molar-refractivity contribution in [3.63, 3.8) is 0 Å². The van der Waals surface area contributed by atoms with E-state index in [4.69, 9.17) is 4.74 Å². The van der Waals surface area contributed by atoms with Crippen LogP contribution < -0.4 is 4.74 Å². The fraction of sp³-hybridized carbons (Fsp3) is 0.381. The highest BCUT2D eigenvalue weighted by Gasteiger charge is 2.19. The van der Waals surface area contributed by atoms with Crippen molar-refractivity contribution in [1.29, 1.82) is 0 Å². The van der Waals surface area contributed by atoms with Crippen molar-refractivity contribution in [3.8, 4) is 5.75 Å². The second-order valence-electron chi connectivity index (χ2n) is 6.51. The van der Waals surface area contributed by atoms with Crippen molar-refractivity contribution < 1.29 is 9.53 Å². The predicted molar refractivity (Wildman–Crippen MR) is 96.6 cm³/mol. The van der Waals surface area contributed by atoms with E-state index in [1.165, 1.54) is 24.8 Å². The van der Waals surface area contributed by atoms with Crippen LogP contribution in [-0.4, -0.2) is 37.4 Å². The van der Waals surface area contributed by atoms with Crippen molar-refractivity contribution in [3.05, 3.63) is 65.7 Å². The minimum atomic E-state index is 0.661. The molecule has 1 aliphatic rings. The Hall–Kier alpha value is -2.13. The number of carbonyl (C=O) groups is 1. The van der Waals surface area contributed by atoms with Gasteiger partial charge in [-0.25, -0.2) is 0 Å². The van der Waals surface area contributed by atoms with Gasteiger partial charge in [-0.2, -0.15) is 0 Å². The number of rotatable bonds is 7. The van der Waals surface area contributed by atoms with Crippen LogP contribution in [0.4, 0.5) is 0 Å². The van der Waals surface area contributed by atoms with Gasteiger partial charge in [-0.05, 0) is 56.0 Å². The van der Waals surface area contributed by atoms with Gasteiger partial charge in [0.2, 0.25) is 0 Å². The van der Waals surface area contributed by atoms with Crippen LogP contribution in [0.3, 0.4) is 0 Å². The number of ether oxygens (including phenoxy) is 1. The zero-order valence-electron chi connectivity index (χ0n) is 14.1. The van der Waals surface area contributed by atoms with E-state index in [1.807, 2.05) is 12.1 Å². The highest BCUT2D eigenvalue weighted by atomic mass is 16.5. The number of nitrogens with zero attached hydrogens (tertiary/aromatic N) is 1. The Kier molecular flexibility index (Phi) is 6.02. The van der Waals surface area contributed by atoms with E-state index in [1.54, 1.807) is 12.1 Å². The average molecular weight is 323 g/mol. The summed E-state index contributed by atoms with van der Waals surface area (Å²) >= 11 is 0. The van der Waals surface area contributed by atoms with Gasteiger partial charge in [-0.3, -0.25) is 9.69 Å². The third-order valence-electron chi connectivity index (χ3n) is 4.74. The molecule has 1 heterocycles. The molecule has 24 heavy (non-hydrogen) atoms. The Labute approximate surface area is 144 Å². The maximum Gasteiger partial charge on any atom is 0.150 e.